The maximum atomic E-state index is 12.7. The molecule has 0 bridgehead atoms. The van der Waals surface area contributed by atoms with Gasteiger partial charge in [-0.15, -0.1) is 0 Å². The standard InChI is InChI=1S/C17H15BrClNO2/c1-11(22-16-7-6-13(19)10-14(16)18)17(21)20-9-8-12-4-2-3-5-15(12)20/h2-7,10-11H,8-9H2,1H3. The molecule has 114 valence electrons. The van der Waals surface area contributed by atoms with Gasteiger partial charge in [0.1, 0.15) is 5.75 Å². The Morgan fingerprint density at radius 1 is 1.32 bits per heavy atom. The van der Waals surface area contributed by atoms with Crippen LogP contribution in [0.3, 0.4) is 0 Å². The third-order valence-corrected chi connectivity index (χ3v) is 4.55. The Balaban J connectivity index is 1.76. The molecule has 5 heteroatoms. The molecule has 0 saturated carbocycles. The first-order valence-electron chi connectivity index (χ1n) is 7.07. The molecule has 2 aromatic carbocycles. The summed E-state index contributed by atoms with van der Waals surface area (Å²) in [6.07, 6.45) is 0.322. The van der Waals surface area contributed by atoms with Crippen LogP contribution in [0, 0.1) is 0 Å². The van der Waals surface area contributed by atoms with Crippen molar-refractivity contribution in [1.29, 1.82) is 0 Å². The largest absolute Gasteiger partial charge is 0.480 e. The van der Waals surface area contributed by atoms with Gasteiger partial charge in [0.25, 0.3) is 5.91 Å². The lowest BCUT2D eigenvalue weighted by Gasteiger charge is -2.22. The fourth-order valence-electron chi connectivity index (χ4n) is 2.60. The molecule has 0 spiro atoms. The normalized spacial score (nSPS) is 14.6. The number of rotatable bonds is 3. The van der Waals surface area contributed by atoms with E-state index in [2.05, 4.69) is 22.0 Å². The molecule has 1 aliphatic rings. The van der Waals surface area contributed by atoms with Gasteiger partial charge in [0.05, 0.1) is 4.47 Å². The van der Waals surface area contributed by atoms with Gasteiger partial charge in [0.15, 0.2) is 6.10 Å². The van der Waals surface area contributed by atoms with Crippen LogP contribution in [-0.2, 0) is 11.2 Å². The maximum absolute atomic E-state index is 12.7. The van der Waals surface area contributed by atoms with Crippen molar-refractivity contribution in [3.8, 4) is 5.75 Å². The summed E-state index contributed by atoms with van der Waals surface area (Å²) in [4.78, 5) is 14.4. The van der Waals surface area contributed by atoms with Crippen molar-refractivity contribution in [2.45, 2.75) is 19.4 Å². The number of halogens is 2. The number of hydrogen-bond donors (Lipinski definition) is 0. The zero-order valence-corrected chi connectivity index (χ0v) is 14.4. The number of nitrogens with zero attached hydrogens (tertiary/aromatic N) is 1. The van der Waals surface area contributed by atoms with Crippen LogP contribution >= 0.6 is 27.5 Å². The van der Waals surface area contributed by atoms with Crippen molar-refractivity contribution in [2.24, 2.45) is 0 Å². The number of ether oxygens (including phenoxy) is 1. The molecule has 0 aromatic heterocycles. The highest BCUT2D eigenvalue weighted by atomic mass is 79.9. The average Bonchev–Trinajstić information content (AvgIpc) is 2.93. The highest BCUT2D eigenvalue weighted by molar-refractivity contribution is 9.10. The van der Waals surface area contributed by atoms with E-state index in [9.17, 15) is 4.79 Å². The number of hydrogen-bond acceptors (Lipinski definition) is 2. The van der Waals surface area contributed by atoms with Crippen molar-refractivity contribution in [3.05, 3.63) is 57.5 Å². The first-order valence-corrected chi connectivity index (χ1v) is 8.24. The Labute approximate surface area is 143 Å². The minimum Gasteiger partial charge on any atom is -0.480 e. The number of benzene rings is 2. The van der Waals surface area contributed by atoms with E-state index >= 15 is 0 Å². The minimum absolute atomic E-state index is 0.0354. The predicted octanol–water partition coefficient (Wildman–Crippen LogP) is 4.46. The van der Waals surface area contributed by atoms with Gasteiger partial charge < -0.3 is 9.64 Å². The van der Waals surface area contributed by atoms with Crippen LogP contribution in [0.1, 0.15) is 12.5 Å². The third-order valence-electron chi connectivity index (χ3n) is 3.70. The Morgan fingerprint density at radius 2 is 2.09 bits per heavy atom. The van der Waals surface area contributed by atoms with E-state index in [1.807, 2.05) is 18.2 Å². The fraction of sp³-hybridized carbons (Fsp3) is 0.235. The van der Waals surface area contributed by atoms with Gasteiger partial charge >= 0.3 is 0 Å². The number of fused-ring (bicyclic) bond motifs is 1. The fourth-order valence-corrected chi connectivity index (χ4v) is 3.37. The quantitative estimate of drug-likeness (QED) is 0.787. The van der Waals surface area contributed by atoms with Gasteiger partial charge in [-0.2, -0.15) is 0 Å². The highest BCUT2D eigenvalue weighted by Gasteiger charge is 2.29. The van der Waals surface area contributed by atoms with E-state index in [-0.39, 0.29) is 5.91 Å². The smallest absolute Gasteiger partial charge is 0.267 e. The van der Waals surface area contributed by atoms with E-state index in [4.69, 9.17) is 16.3 Å². The van der Waals surface area contributed by atoms with Crippen LogP contribution in [0.25, 0.3) is 0 Å². The zero-order chi connectivity index (χ0) is 15.7. The molecule has 1 amide bonds. The molecule has 2 aromatic rings. The van der Waals surface area contributed by atoms with Crippen LogP contribution in [0.2, 0.25) is 5.02 Å². The van der Waals surface area contributed by atoms with E-state index in [1.54, 1.807) is 30.0 Å². The number of carbonyl (C=O) groups excluding carboxylic acids is 1. The molecule has 1 aliphatic heterocycles. The summed E-state index contributed by atoms with van der Waals surface area (Å²) in [5, 5.41) is 0.617. The summed E-state index contributed by atoms with van der Waals surface area (Å²) >= 11 is 9.31. The monoisotopic (exact) mass is 379 g/mol. The van der Waals surface area contributed by atoms with Crippen molar-refractivity contribution >= 4 is 39.1 Å². The maximum Gasteiger partial charge on any atom is 0.267 e. The molecular weight excluding hydrogens is 366 g/mol. The third kappa shape index (κ3) is 2.99. The first-order chi connectivity index (χ1) is 10.6. The summed E-state index contributed by atoms with van der Waals surface area (Å²) in [6.45, 7) is 2.47. The summed E-state index contributed by atoms with van der Waals surface area (Å²) in [7, 11) is 0. The van der Waals surface area contributed by atoms with Crippen molar-refractivity contribution in [1.82, 2.24) is 0 Å². The Morgan fingerprint density at radius 3 is 2.86 bits per heavy atom. The van der Waals surface area contributed by atoms with Crippen LogP contribution < -0.4 is 9.64 Å². The molecule has 0 fully saturated rings. The molecule has 22 heavy (non-hydrogen) atoms. The molecule has 1 heterocycles. The van der Waals surface area contributed by atoms with Gasteiger partial charge in [-0.1, -0.05) is 29.8 Å². The van der Waals surface area contributed by atoms with Gasteiger partial charge in [0, 0.05) is 17.3 Å². The Bertz CT molecular complexity index is 720. The molecule has 3 rings (SSSR count). The second kappa shape index (κ2) is 6.31. The predicted molar refractivity (Wildman–Crippen MR) is 91.7 cm³/mol. The van der Waals surface area contributed by atoms with Gasteiger partial charge in [-0.3, -0.25) is 4.79 Å². The molecule has 0 aliphatic carbocycles. The van der Waals surface area contributed by atoms with Gasteiger partial charge in [-0.05, 0) is 59.1 Å². The van der Waals surface area contributed by atoms with Crippen LogP contribution in [-0.4, -0.2) is 18.6 Å². The lowest BCUT2D eigenvalue weighted by molar-refractivity contribution is -0.124. The van der Waals surface area contributed by atoms with Gasteiger partial charge in [0.2, 0.25) is 0 Å². The van der Waals surface area contributed by atoms with Crippen molar-refractivity contribution in [3.63, 3.8) is 0 Å². The summed E-state index contributed by atoms with van der Waals surface area (Å²) < 4.78 is 6.53. The zero-order valence-electron chi connectivity index (χ0n) is 12.1. The molecule has 0 radical (unpaired) electrons. The Kier molecular flexibility index (Phi) is 4.41. The second-order valence-corrected chi connectivity index (χ2v) is 6.49. The van der Waals surface area contributed by atoms with Crippen molar-refractivity contribution in [2.75, 3.05) is 11.4 Å². The van der Waals surface area contributed by atoms with Crippen LogP contribution in [0.5, 0.6) is 5.75 Å². The van der Waals surface area contributed by atoms with Gasteiger partial charge in [-0.25, -0.2) is 0 Å². The number of para-hydroxylation sites is 1. The van der Waals surface area contributed by atoms with E-state index < -0.39 is 6.10 Å². The SMILES string of the molecule is CC(Oc1ccc(Cl)cc1Br)C(=O)N1CCc2ccccc21. The lowest BCUT2D eigenvalue weighted by Crippen LogP contribution is -2.39. The second-order valence-electron chi connectivity index (χ2n) is 5.20. The van der Waals surface area contributed by atoms with Crippen LogP contribution in [0.4, 0.5) is 5.69 Å². The highest BCUT2D eigenvalue weighted by Crippen LogP contribution is 2.31. The molecule has 0 N–H and O–H groups in total. The molecule has 3 nitrogen and oxygen atoms in total. The van der Waals surface area contributed by atoms with E-state index in [0.29, 0.717) is 17.3 Å². The minimum atomic E-state index is -0.566. The number of amides is 1. The number of carbonyl (C=O) groups is 1. The summed E-state index contributed by atoms with van der Waals surface area (Å²) in [6, 6.07) is 13.2. The summed E-state index contributed by atoms with van der Waals surface area (Å²) in [5.41, 5.74) is 2.19. The topological polar surface area (TPSA) is 29.5 Å². The molecule has 1 unspecified atom stereocenters. The first kappa shape index (κ1) is 15.4. The number of anilines is 1. The van der Waals surface area contributed by atoms with Crippen LogP contribution in [0.15, 0.2) is 46.9 Å². The lowest BCUT2D eigenvalue weighted by atomic mass is 10.2. The van der Waals surface area contributed by atoms with E-state index in [1.165, 1.54) is 5.56 Å². The Hall–Kier alpha value is -1.52. The van der Waals surface area contributed by atoms with E-state index in [0.717, 1.165) is 16.6 Å². The average molecular weight is 381 g/mol. The van der Waals surface area contributed by atoms with Crippen molar-refractivity contribution < 1.29 is 9.53 Å². The summed E-state index contributed by atoms with van der Waals surface area (Å²) in [5.74, 6) is 0.574. The molecule has 0 saturated heterocycles. The molecule has 1 atom stereocenters. The molecular formula is C17H15BrClNO2.